The monoisotopic (exact) mass is 309 g/mol. The average molecular weight is 309 g/mol. The number of H-pyrrole nitrogens is 1. The van der Waals surface area contributed by atoms with Crippen LogP contribution in [0.25, 0.3) is 21.8 Å². The van der Waals surface area contributed by atoms with Gasteiger partial charge in [0.1, 0.15) is 5.52 Å². The van der Waals surface area contributed by atoms with Crippen LogP contribution in [0.1, 0.15) is 17.7 Å². The van der Waals surface area contributed by atoms with Crippen molar-refractivity contribution in [1.29, 1.82) is 0 Å². The van der Waals surface area contributed by atoms with E-state index in [9.17, 15) is 4.79 Å². The highest BCUT2D eigenvalue weighted by molar-refractivity contribution is 6.04. The van der Waals surface area contributed by atoms with E-state index in [1.54, 1.807) is 4.57 Å². The molecule has 0 aliphatic rings. The van der Waals surface area contributed by atoms with Crippen LogP contribution in [0.2, 0.25) is 0 Å². The summed E-state index contributed by atoms with van der Waals surface area (Å²) in [5.74, 6) is 5.87. The van der Waals surface area contributed by atoms with Crippen molar-refractivity contribution in [3.8, 4) is 11.8 Å². The van der Waals surface area contributed by atoms with Crippen molar-refractivity contribution < 1.29 is 0 Å². The summed E-state index contributed by atoms with van der Waals surface area (Å²) in [5, 5.41) is 8.76. The highest BCUT2D eigenvalue weighted by atomic mass is 16.1. The predicted octanol–water partition coefficient (Wildman–Crippen LogP) is 0.845. The molecule has 0 unspecified atom stereocenters. The Balaban J connectivity index is 2.37. The average Bonchev–Trinajstić information content (AvgIpc) is 2.95. The molecule has 118 valence electrons. The third kappa shape index (κ3) is 2.61. The van der Waals surface area contributed by atoms with Crippen LogP contribution in [0.15, 0.2) is 23.0 Å². The summed E-state index contributed by atoms with van der Waals surface area (Å²) in [6, 6.07) is 5.77. The molecule has 0 aliphatic heterocycles. The fraction of sp³-hybridized carbons (Fsp3) is 0.294. The molecule has 0 amide bonds. The molecule has 0 atom stereocenters. The van der Waals surface area contributed by atoms with Gasteiger partial charge in [0.25, 0.3) is 5.56 Å². The Morgan fingerprint density at radius 1 is 1.35 bits per heavy atom. The summed E-state index contributed by atoms with van der Waals surface area (Å²) in [6.07, 6.45) is 0.742. The van der Waals surface area contributed by atoms with Crippen molar-refractivity contribution >= 4 is 21.8 Å². The molecule has 0 aliphatic carbocycles. The van der Waals surface area contributed by atoms with Gasteiger partial charge in [0, 0.05) is 23.2 Å². The number of aromatic nitrogens is 3. The molecule has 1 aromatic carbocycles. The Labute approximate surface area is 133 Å². The Morgan fingerprint density at radius 3 is 2.91 bits per heavy atom. The first-order chi connectivity index (χ1) is 11.2. The molecule has 2 heterocycles. The van der Waals surface area contributed by atoms with E-state index in [1.165, 1.54) is 0 Å². The van der Waals surface area contributed by atoms with Crippen LogP contribution in [0.4, 0.5) is 0 Å². The van der Waals surface area contributed by atoms with E-state index in [0.717, 1.165) is 28.6 Å². The smallest absolute Gasteiger partial charge is 0.262 e. The van der Waals surface area contributed by atoms with Crippen LogP contribution in [-0.2, 0) is 6.54 Å². The number of aromatic amines is 1. The number of hydrogen-bond donors (Lipinski definition) is 3. The quantitative estimate of drug-likeness (QED) is 0.624. The minimum absolute atomic E-state index is 0.0343. The topological polar surface area (TPSA) is 103 Å². The zero-order chi connectivity index (χ0) is 16.4. The SMILES string of the molecule is Cc1[nH]nc2c1c(=O)n(CCCN)c1ccc(C#CCN)cc21. The lowest BCUT2D eigenvalue weighted by Gasteiger charge is -2.11. The lowest BCUT2D eigenvalue weighted by atomic mass is 10.1. The minimum atomic E-state index is -0.0343. The summed E-state index contributed by atoms with van der Waals surface area (Å²) in [6.45, 7) is 3.29. The van der Waals surface area contributed by atoms with Gasteiger partial charge in [-0.3, -0.25) is 9.89 Å². The van der Waals surface area contributed by atoms with Gasteiger partial charge >= 0.3 is 0 Å². The molecule has 0 radical (unpaired) electrons. The number of pyridine rings is 1. The first-order valence-corrected chi connectivity index (χ1v) is 7.57. The van der Waals surface area contributed by atoms with Crippen LogP contribution in [0.3, 0.4) is 0 Å². The molecule has 3 rings (SSSR count). The van der Waals surface area contributed by atoms with E-state index in [4.69, 9.17) is 11.5 Å². The number of nitrogens with two attached hydrogens (primary N) is 2. The second kappa shape index (κ2) is 6.24. The standard InChI is InChI=1S/C17H19N5O/c1-11-15-16(21-20-11)13-10-12(4-2-7-18)5-6-14(13)22(17(15)23)9-3-8-19/h5-6,10H,3,7-9,18-19H2,1H3,(H,20,21). The molecule has 0 saturated heterocycles. The number of benzene rings is 1. The number of aryl methyl sites for hydroxylation is 2. The van der Waals surface area contributed by atoms with Gasteiger partial charge in [0.15, 0.2) is 0 Å². The van der Waals surface area contributed by atoms with Crippen molar-refractivity contribution in [2.75, 3.05) is 13.1 Å². The zero-order valence-electron chi connectivity index (χ0n) is 13.0. The van der Waals surface area contributed by atoms with E-state index in [1.807, 2.05) is 25.1 Å². The lowest BCUT2D eigenvalue weighted by Crippen LogP contribution is -2.22. The maximum absolute atomic E-state index is 12.8. The molecule has 0 fully saturated rings. The van der Waals surface area contributed by atoms with Crippen LogP contribution in [0.5, 0.6) is 0 Å². The van der Waals surface area contributed by atoms with E-state index < -0.39 is 0 Å². The highest BCUT2D eigenvalue weighted by Crippen LogP contribution is 2.24. The molecule has 23 heavy (non-hydrogen) atoms. The highest BCUT2D eigenvalue weighted by Gasteiger charge is 2.15. The summed E-state index contributed by atoms with van der Waals surface area (Å²) < 4.78 is 1.77. The molecule has 0 bridgehead atoms. The van der Waals surface area contributed by atoms with Crippen molar-refractivity contribution in [1.82, 2.24) is 14.8 Å². The second-order valence-electron chi connectivity index (χ2n) is 5.41. The van der Waals surface area contributed by atoms with Gasteiger partial charge in [-0.05, 0) is 38.1 Å². The van der Waals surface area contributed by atoms with Crippen molar-refractivity contribution in [2.24, 2.45) is 11.5 Å². The van der Waals surface area contributed by atoms with Gasteiger partial charge < -0.3 is 16.0 Å². The summed E-state index contributed by atoms with van der Waals surface area (Å²) in [5.41, 5.74) is 14.2. The summed E-state index contributed by atoms with van der Waals surface area (Å²) >= 11 is 0. The Bertz CT molecular complexity index is 987. The molecule has 0 spiro atoms. The largest absolute Gasteiger partial charge is 0.330 e. The first kappa shape index (κ1) is 15.3. The van der Waals surface area contributed by atoms with Crippen LogP contribution >= 0.6 is 0 Å². The van der Waals surface area contributed by atoms with Gasteiger partial charge in [-0.25, -0.2) is 0 Å². The Hall–Kier alpha value is -2.62. The van der Waals surface area contributed by atoms with E-state index in [2.05, 4.69) is 22.0 Å². The molecule has 6 heteroatoms. The lowest BCUT2D eigenvalue weighted by molar-refractivity contribution is 0.654. The van der Waals surface area contributed by atoms with Crippen LogP contribution in [0, 0.1) is 18.8 Å². The second-order valence-corrected chi connectivity index (χ2v) is 5.41. The fourth-order valence-electron chi connectivity index (χ4n) is 2.79. The summed E-state index contributed by atoms with van der Waals surface area (Å²) in [4.78, 5) is 12.8. The van der Waals surface area contributed by atoms with Crippen LogP contribution in [-0.4, -0.2) is 27.9 Å². The van der Waals surface area contributed by atoms with Gasteiger partial charge in [-0.2, -0.15) is 5.10 Å². The van der Waals surface area contributed by atoms with Crippen molar-refractivity contribution in [2.45, 2.75) is 19.9 Å². The van der Waals surface area contributed by atoms with Crippen LogP contribution < -0.4 is 17.0 Å². The number of nitrogens with one attached hydrogen (secondary N) is 1. The predicted molar refractivity (Wildman–Crippen MR) is 92.2 cm³/mol. The van der Waals surface area contributed by atoms with Crippen molar-refractivity contribution in [3.05, 3.63) is 39.8 Å². The van der Waals surface area contributed by atoms with Gasteiger partial charge in [0.05, 0.1) is 17.4 Å². The maximum Gasteiger partial charge on any atom is 0.262 e. The molecule has 5 N–H and O–H groups in total. The minimum Gasteiger partial charge on any atom is -0.330 e. The Morgan fingerprint density at radius 2 is 2.17 bits per heavy atom. The van der Waals surface area contributed by atoms with E-state index in [-0.39, 0.29) is 5.56 Å². The molecule has 0 saturated carbocycles. The molecule has 3 aromatic rings. The molecule has 6 nitrogen and oxygen atoms in total. The molecular formula is C17H19N5O. The summed E-state index contributed by atoms with van der Waals surface area (Å²) in [7, 11) is 0. The van der Waals surface area contributed by atoms with E-state index >= 15 is 0 Å². The normalized spacial score (nSPS) is 10.9. The zero-order valence-corrected chi connectivity index (χ0v) is 13.0. The van der Waals surface area contributed by atoms with Crippen molar-refractivity contribution in [3.63, 3.8) is 0 Å². The number of hydrogen-bond acceptors (Lipinski definition) is 4. The number of nitrogens with zero attached hydrogens (tertiary/aromatic N) is 2. The van der Waals surface area contributed by atoms with Gasteiger partial charge in [0.2, 0.25) is 0 Å². The maximum atomic E-state index is 12.8. The first-order valence-electron chi connectivity index (χ1n) is 7.57. The third-order valence-corrected chi connectivity index (χ3v) is 3.87. The molecular weight excluding hydrogens is 290 g/mol. The Kier molecular flexibility index (Phi) is 4.15. The fourth-order valence-corrected chi connectivity index (χ4v) is 2.79. The number of fused-ring (bicyclic) bond motifs is 3. The third-order valence-electron chi connectivity index (χ3n) is 3.87. The van der Waals surface area contributed by atoms with E-state index in [0.29, 0.717) is 30.5 Å². The molecule has 2 aromatic heterocycles. The van der Waals surface area contributed by atoms with Gasteiger partial charge in [-0.15, -0.1) is 0 Å². The van der Waals surface area contributed by atoms with Gasteiger partial charge in [-0.1, -0.05) is 11.8 Å². The number of rotatable bonds is 3.